The Labute approximate surface area is 372 Å². The van der Waals surface area contributed by atoms with Crippen LogP contribution in [0.25, 0.3) is 11.1 Å². The number of aliphatic hydroxyl groups is 1. The predicted molar refractivity (Wildman–Crippen MR) is 239 cm³/mol. The number of carbonyl (C=O) groups is 4. The van der Waals surface area contributed by atoms with Crippen LogP contribution in [0, 0.1) is 5.92 Å². The molecule has 4 aliphatic rings. The van der Waals surface area contributed by atoms with Crippen molar-refractivity contribution in [1.82, 2.24) is 20.4 Å². The van der Waals surface area contributed by atoms with E-state index in [-0.39, 0.29) is 56.1 Å². The molecule has 4 amide bonds. The molecule has 5 aromatic rings. The second kappa shape index (κ2) is 18.8. The van der Waals surface area contributed by atoms with E-state index in [1.807, 2.05) is 115 Å². The van der Waals surface area contributed by atoms with Crippen LogP contribution in [0.3, 0.4) is 0 Å². The minimum absolute atomic E-state index is 0.0201. The lowest BCUT2D eigenvalue weighted by Crippen LogP contribution is -2.57. The number of likely N-dealkylation sites (tertiary alicyclic amines) is 2. The fraction of sp³-hybridized carbons (Fsp3) is 0.333. The first-order valence-corrected chi connectivity index (χ1v) is 22.0. The number of imide groups is 1. The number of amides is 4. The normalized spacial score (nSPS) is 23.3. The van der Waals surface area contributed by atoms with E-state index in [0.717, 1.165) is 57.7 Å². The number of nitrogens with zero attached hydrogens (tertiary/aromatic N) is 3. The van der Waals surface area contributed by atoms with E-state index < -0.39 is 29.9 Å². The number of ether oxygens (including phenoxy) is 3. The Hall–Kier alpha value is -6.38. The number of benzene rings is 5. The minimum Gasteiger partial charge on any atom is -0.445 e. The molecule has 330 valence electrons. The molecule has 4 fully saturated rings. The maximum absolute atomic E-state index is 13.4. The van der Waals surface area contributed by atoms with Gasteiger partial charge < -0.3 is 39.8 Å². The predicted octanol–water partition coefficient (Wildman–Crippen LogP) is 6.62. The highest BCUT2D eigenvalue weighted by Crippen LogP contribution is 2.43. The molecule has 13 heteroatoms. The molecule has 0 aliphatic carbocycles. The summed E-state index contributed by atoms with van der Waals surface area (Å²) in [4.78, 5) is 58.1. The molecule has 5 atom stereocenters. The molecule has 4 aliphatic heterocycles. The number of alkyl carbamates (subject to hydrolysis) is 1. The molecular weight excluding hydrogens is 811 g/mol. The van der Waals surface area contributed by atoms with Crippen molar-refractivity contribution >= 4 is 29.5 Å². The SMILES string of the molecule is C[C@@H]1[C@H](CN2CCC3(CC2)C(=O)NCN3c2ccccc2)O[C@H](c2cccc(-c3cccc(CN4C(=O)CC(NC(=O)OCc5ccccc5)C4=O)c3)c2)O[C@@H]1c1ccc(CO)cc1. The van der Waals surface area contributed by atoms with Gasteiger partial charge in [0.05, 0.1) is 38.4 Å². The highest BCUT2D eigenvalue weighted by molar-refractivity contribution is 6.06. The van der Waals surface area contributed by atoms with Crippen molar-refractivity contribution in [2.45, 2.75) is 76.0 Å². The Morgan fingerprint density at radius 1 is 0.797 bits per heavy atom. The zero-order valence-electron chi connectivity index (χ0n) is 35.8. The monoisotopic (exact) mass is 863 g/mol. The molecule has 0 bridgehead atoms. The lowest BCUT2D eigenvalue weighted by atomic mass is 9.84. The summed E-state index contributed by atoms with van der Waals surface area (Å²) in [7, 11) is 0. The fourth-order valence-electron chi connectivity index (χ4n) is 9.49. The summed E-state index contributed by atoms with van der Waals surface area (Å²) < 4.78 is 19.0. The van der Waals surface area contributed by atoms with E-state index in [1.54, 1.807) is 0 Å². The average molecular weight is 864 g/mol. The summed E-state index contributed by atoms with van der Waals surface area (Å²) in [5, 5.41) is 15.4. The maximum atomic E-state index is 13.4. The number of piperidine rings is 1. The van der Waals surface area contributed by atoms with E-state index in [1.165, 1.54) is 4.90 Å². The van der Waals surface area contributed by atoms with Gasteiger partial charge in [0.2, 0.25) is 11.8 Å². The van der Waals surface area contributed by atoms with Crippen LogP contribution in [0.15, 0.2) is 133 Å². The van der Waals surface area contributed by atoms with Gasteiger partial charge in [0.1, 0.15) is 18.2 Å². The summed E-state index contributed by atoms with van der Waals surface area (Å²) in [5.41, 5.74) is 6.48. The van der Waals surface area contributed by atoms with E-state index in [0.29, 0.717) is 26.1 Å². The fourth-order valence-corrected chi connectivity index (χ4v) is 9.49. The van der Waals surface area contributed by atoms with Crippen molar-refractivity contribution in [2.75, 3.05) is 31.2 Å². The number of rotatable bonds is 12. The number of aliphatic hydroxyl groups excluding tert-OH is 1. The van der Waals surface area contributed by atoms with Gasteiger partial charge in [-0.3, -0.25) is 19.3 Å². The van der Waals surface area contributed by atoms with Gasteiger partial charge in [0.15, 0.2) is 6.29 Å². The van der Waals surface area contributed by atoms with E-state index in [9.17, 15) is 24.3 Å². The molecule has 3 N–H and O–H groups in total. The molecule has 0 radical (unpaired) electrons. The van der Waals surface area contributed by atoms with E-state index in [4.69, 9.17) is 14.2 Å². The van der Waals surface area contributed by atoms with Gasteiger partial charge in [-0.2, -0.15) is 0 Å². The zero-order valence-corrected chi connectivity index (χ0v) is 35.8. The largest absolute Gasteiger partial charge is 0.445 e. The summed E-state index contributed by atoms with van der Waals surface area (Å²) >= 11 is 0. The van der Waals surface area contributed by atoms with Gasteiger partial charge in [0, 0.05) is 36.8 Å². The lowest BCUT2D eigenvalue weighted by Gasteiger charge is -2.46. The highest BCUT2D eigenvalue weighted by Gasteiger charge is 2.51. The minimum atomic E-state index is -1.00. The first-order chi connectivity index (χ1) is 31.2. The Balaban J connectivity index is 0.890. The van der Waals surface area contributed by atoms with Crippen molar-refractivity contribution in [3.63, 3.8) is 0 Å². The molecule has 0 saturated carbocycles. The third-order valence-corrected chi connectivity index (χ3v) is 13.2. The summed E-state index contributed by atoms with van der Waals surface area (Å²) in [6, 6.07) is 42.0. The van der Waals surface area contributed by atoms with Crippen LogP contribution in [0.2, 0.25) is 0 Å². The Morgan fingerprint density at radius 2 is 1.48 bits per heavy atom. The first-order valence-electron chi connectivity index (χ1n) is 22.0. The standard InChI is InChI=1S/C51H53N5O8/c1-34-44(30-54-24-22-51(23-25-54)49(60)52-33-56(51)42-16-6-3-7-17-42)63-48(64-46(34)38-20-18-35(31-57)19-21-38)41-15-9-14-40(27-41)39-13-8-12-37(26-39)29-55-45(58)28-43(47(55)59)53-50(61)62-32-36-10-4-2-5-11-36/h2-21,26-27,34,43-44,46,48,57H,22-25,28-33H2,1H3,(H,52,60)(H,53,61)/t34-,43?,44+,46+,48+/m1/s1. The van der Waals surface area contributed by atoms with Gasteiger partial charge in [0.25, 0.3) is 5.91 Å². The van der Waals surface area contributed by atoms with Crippen molar-refractivity contribution in [1.29, 1.82) is 0 Å². The van der Waals surface area contributed by atoms with Crippen LogP contribution in [0.5, 0.6) is 0 Å². The molecule has 1 spiro atoms. The quantitative estimate of drug-likeness (QED) is 0.117. The topological polar surface area (TPSA) is 150 Å². The third-order valence-electron chi connectivity index (χ3n) is 13.2. The summed E-state index contributed by atoms with van der Waals surface area (Å²) in [5.74, 6) is -0.786. The highest BCUT2D eigenvalue weighted by atomic mass is 16.7. The van der Waals surface area contributed by atoms with E-state index in [2.05, 4.69) is 45.6 Å². The van der Waals surface area contributed by atoms with Crippen LogP contribution >= 0.6 is 0 Å². The molecule has 4 saturated heterocycles. The Bertz CT molecular complexity index is 2460. The average Bonchev–Trinajstić information content (AvgIpc) is 3.79. The molecule has 0 aromatic heterocycles. The molecule has 5 aromatic carbocycles. The van der Waals surface area contributed by atoms with Crippen LogP contribution in [0.4, 0.5) is 10.5 Å². The summed E-state index contributed by atoms with van der Waals surface area (Å²) in [6.07, 6.45) is -0.700. The van der Waals surface area contributed by atoms with Crippen LogP contribution in [-0.4, -0.2) is 82.7 Å². The molecule has 64 heavy (non-hydrogen) atoms. The molecule has 4 heterocycles. The second-order valence-corrected chi connectivity index (χ2v) is 17.2. The number of anilines is 1. The van der Waals surface area contributed by atoms with Crippen molar-refractivity contribution < 1.29 is 38.5 Å². The Morgan fingerprint density at radius 3 is 2.22 bits per heavy atom. The van der Waals surface area contributed by atoms with Crippen LogP contribution < -0.4 is 15.5 Å². The number of nitrogens with one attached hydrogen (secondary N) is 2. The third kappa shape index (κ3) is 9.02. The van der Waals surface area contributed by atoms with Crippen LogP contribution in [-0.2, 0) is 48.4 Å². The smallest absolute Gasteiger partial charge is 0.408 e. The lowest BCUT2D eigenvalue weighted by molar-refractivity contribution is -0.276. The van der Waals surface area contributed by atoms with Crippen LogP contribution in [0.1, 0.15) is 66.4 Å². The number of para-hydroxylation sites is 1. The second-order valence-electron chi connectivity index (χ2n) is 17.2. The maximum Gasteiger partial charge on any atom is 0.408 e. The van der Waals surface area contributed by atoms with Crippen molar-refractivity contribution in [2.24, 2.45) is 5.92 Å². The molecular formula is C51H53N5O8. The number of carbonyl (C=O) groups excluding carboxylic acids is 4. The van der Waals surface area contributed by atoms with Crippen molar-refractivity contribution in [3.8, 4) is 11.1 Å². The summed E-state index contributed by atoms with van der Waals surface area (Å²) in [6.45, 7) is 4.86. The van der Waals surface area contributed by atoms with E-state index >= 15 is 0 Å². The van der Waals surface area contributed by atoms with Crippen molar-refractivity contribution in [3.05, 3.63) is 161 Å². The van der Waals surface area contributed by atoms with Gasteiger partial charge in [-0.1, -0.05) is 116 Å². The number of hydrogen-bond acceptors (Lipinski definition) is 10. The first kappa shape index (κ1) is 42.9. The zero-order chi connectivity index (χ0) is 44.2. The van der Waals surface area contributed by atoms with Gasteiger partial charge in [-0.15, -0.1) is 0 Å². The van der Waals surface area contributed by atoms with Gasteiger partial charge in [-0.05, 0) is 70.5 Å². The Kier molecular flexibility index (Phi) is 12.6. The van der Waals surface area contributed by atoms with Gasteiger partial charge in [-0.25, -0.2) is 4.79 Å². The molecule has 1 unspecified atom stereocenters. The number of hydrogen-bond donors (Lipinski definition) is 3. The molecule has 9 rings (SSSR count). The molecule has 13 nitrogen and oxygen atoms in total. The van der Waals surface area contributed by atoms with Gasteiger partial charge >= 0.3 is 6.09 Å².